The van der Waals surface area contributed by atoms with Crippen molar-refractivity contribution in [3.63, 3.8) is 0 Å². The smallest absolute Gasteiger partial charge is 0.224 e. The van der Waals surface area contributed by atoms with E-state index in [0.717, 1.165) is 35.2 Å². The van der Waals surface area contributed by atoms with Crippen LogP contribution >= 0.6 is 0 Å². The Kier molecular flexibility index (Phi) is 3.75. The van der Waals surface area contributed by atoms with E-state index in [9.17, 15) is 0 Å². The molecule has 1 aromatic carbocycles. The Morgan fingerprint density at radius 1 is 0.963 bits per heavy atom. The molecular formula is C19H17N7O. The highest BCUT2D eigenvalue weighted by atomic mass is 16.5. The van der Waals surface area contributed by atoms with Gasteiger partial charge in [0.05, 0.1) is 30.6 Å². The first-order valence-corrected chi connectivity index (χ1v) is 8.76. The van der Waals surface area contributed by atoms with Crippen LogP contribution in [0.25, 0.3) is 33.3 Å². The number of anilines is 2. The summed E-state index contributed by atoms with van der Waals surface area (Å²) in [6, 6.07) is 10.0. The molecule has 0 atom stereocenters. The lowest BCUT2D eigenvalue weighted by Gasteiger charge is -2.28. The largest absolute Gasteiger partial charge is 0.378 e. The number of pyridine rings is 1. The minimum absolute atomic E-state index is 0.193. The van der Waals surface area contributed by atoms with E-state index < -0.39 is 0 Å². The van der Waals surface area contributed by atoms with Crippen LogP contribution in [0.15, 0.2) is 42.7 Å². The van der Waals surface area contributed by atoms with Crippen LogP contribution < -0.4 is 10.6 Å². The monoisotopic (exact) mass is 359 g/mol. The summed E-state index contributed by atoms with van der Waals surface area (Å²) < 4.78 is 5.44. The maximum absolute atomic E-state index is 5.88. The number of hydrogen-bond donors (Lipinski definition) is 1. The van der Waals surface area contributed by atoms with Crippen LogP contribution in [-0.2, 0) is 4.74 Å². The summed E-state index contributed by atoms with van der Waals surface area (Å²) in [6.45, 7) is 2.75. The number of para-hydroxylation sites is 1. The molecule has 0 radical (unpaired) electrons. The Bertz CT molecular complexity index is 1140. The van der Waals surface area contributed by atoms with Crippen LogP contribution in [0.2, 0.25) is 0 Å². The molecule has 1 fully saturated rings. The third-order valence-electron chi connectivity index (χ3n) is 4.60. The van der Waals surface area contributed by atoms with E-state index in [1.807, 2.05) is 30.5 Å². The summed E-state index contributed by atoms with van der Waals surface area (Å²) in [5, 5.41) is 1.05. The zero-order valence-electron chi connectivity index (χ0n) is 14.5. The van der Waals surface area contributed by atoms with Gasteiger partial charge in [0.2, 0.25) is 5.95 Å². The summed E-state index contributed by atoms with van der Waals surface area (Å²) in [5.74, 6) is 0.891. The van der Waals surface area contributed by atoms with Gasteiger partial charge in [0.15, 0.2) is 17.0 Å². The molecule has 0 aliphatic carbocycles. The fraction of sp³-hybridized carbons (Fsp3) is 0.211. The van der Waals surface area contributed by atoms with E-state index in [1.165, 1.54) is 0 Å². The molecule has 8 heteroatoms. The number of ether oxygens (including phenoxy) is 1. The molecule has 1 aliphatic heterocycles. The predicted octanol–water partition coefficient (Wildman–Crippen LogP) is 2.05. The quantitative estimate of drug-likeness (QED) is 0.580. The zero-order chi connectivity index (χ0) is 18.2. The number of benzene rings is 1. The van der Waals surface area contributed by atoms with Crippen LogP contribution in [0.1, 0.15) is 0 Å². The van der Waals surface area contributed by atoms with Gasteiger partial charge in [-0.2, -0.15) is 9.97 Å². The minimum Gasteiger partial charge on any atom is -0.378 e. The van der Waals surface area contributed by atoms with Crippen molar-refractivity contribution >= 4 is 33.8 Å². The van der Waals surface area contributed by atoms with Crippen LogP contribution in [0.3, 0.4) is 0 Å². The van der Waals surface area contributed by atoms with Crippen LogP contribution in [0, 0.1) is 0 Å². The van der Waals surface area contributed by atoms with Crippen molar-refractivity contribution in [1.82, 2.24) is 24.9 Å². The summed E-state index contributed by atoms with van der Waals surface area (Å²) in [5.41, 5.74) is 9.57. The van der Waals surface area contributed by atoms with Crippen LogP contribution in [0.4, 0.5) is 11.8 Å². The Balaban J connectivity index is 1.66. The minimum atomic E-state index is 0.193. The molecule has 0 bridgehead atoms. The van der Waals surface area contributed by atoms with Gasteiger partial charge in [-0.1, -0.05) is 18.2 Å². The maximum Gasteiger partial charge on any atom is 0.224 e. The number of fused-ring (bicyclic) bond motifs is 2. The molecule has 5 rings (SSSR count). The zero-order valence-corrected chi connectivity index (χ0v) is 14.5. The fourth-order valence-electron chi connectivity index (χ4n) is 3.26. The van der Waals surface area contributed by atoms with E-state index >= 15 is 0 Å². The van der Waals surface area contributed by atoms with Crippen LogP contribution in [0.5, 0.6) is 0 Å². The third kappa shape index (κ3) is 2.89. The molecule has 8 nitrogen and oxygen atoms in total. The highest BCUT2D eigenvalue weighted by Gasteiger charge is 2.19. The van der Waals surface area contributed by atoms with E-state index in [1.54, 1.807) is 6.20 Å². The number of nitrogen functional groups attached to an aromatic ring is 1. The number of hydrogen-bond acceptors (Lipinski definition) is 8. The molecule has 2 N–H and O–H groups in total. The van der Waals surface area contributed by atoms with Crippen molar-refractivity contribution in [2.75, 3.05) is 36.9 Å². The van der Waals surface area contributed by atoms with Gasteiger partial charge in [-0.25, -0.2) is 9.97 Å². The highest BCUT2D eigenvalue weighted by Crippen LogP contribution is 2.26. The van der Waals surface area contributed by atoms with Gasteiger partial charge in [0.1, 0.15) is 0 Å². The van der Waals surface area contributed by atoms with Crippen molar-refractivity contribution in [3.05, 3.63) is 42.7 Å². The van der Waals surface area contributed by atoms with E-state index in [-0.39, 0.29) is 5.95 Å². The SMILES string of the molecule is Nc1nc(N2CCOCC2)c2nc(-c3cnc4ccccc4c3)cnc2n1. The molecule has 1 aliphatic rings. The molecule has 0 saturated carbocycles. The lowest BCUT2D eigenvalue weighted by molar-refractivity contribution is 0.122. The van der Waals surface area contributed by atoms with Gasteiger partial charge in [-0.3, -0.25) is 4.98 Å². The number of morpholine rings is 1. The van der Waals surface area contributed by atoms with E-state index in [4.69, 9.17) is 15.5 Å². The summed E-state index contributed by atoms with van der Waals surface area (Å²) in [7, 11) is 0. The maximum atomic E-state index is 5.88. The topological polar surface area (TPSA) is 103 Å². The molecule has 0 amide bonds. The first-order chi connectivity index (χ1) is 13.3. The number of nitrogens with two attached hydrogens (primary N) is 1. The first-order valence-electron chi connectivity index (χ1n) is 8.76. The predicted molar refractivity (Wildman–Crippen MR) is 103 cm³/mol. The molecule has 0 spiro atoms. The number of nitrogens with zero attached hydrogens (tertiary/aromatic N) is 6. The van der Waals surface area contributed by atoms with Crippen molar-refractivity contribution < 1.29 is 4.74 Å². The Morgan fingerprint density at radius 3 is 2.70 bits per heavy atom. The molecule has 4 heterocycles. The second-order valence-electron chi connectivity index (χ2n) is 6.35. The molecule has 134 valence electrons. The number of aromatic nitrogens is 5. The lowest BCUT2D eigenvalue weighted by atomic mass is 10.1. The van der Waals surface area contributed by atoms with Gasteiger partial charge < -0.3 is 15.4 Å². The molecular weight excluding hydrogens is 342 g/mol. The molecule has 1 saturated heterocycles. The summed E-state index contributed by atoms with van der Waals surface area (Å²) in [4.78, 5) is 24.6. The third-order valence-corrected chi connectivity index (χ3v) is 4.60. The van der Waals surface area contributed by atoms with Crippen LogP contribution in [-0.4, -0.2) is 51.2 Å². The molecule has 27 heavy (non-hydrogen) atoms. The van der Waals surface area contributed by atoms with Gasteiger partial charge in [-0.15, -0.1) is 0 Å². The molecule has 0 unspecified atom stereocenters. The summed E-state index contributed by atoms with van der Waals surface area (Å²) in [6.07, 6.45) is 3.51. The van der Waals surface area contributed by atoms with Crippen molar-refractivity contribution in [2.24, 2.45) is 0 Å². The normalized spacial score (nSPS) is 14.7. The standard InChI is InChI=1S/C19H17N7O/c20-19-24-17-16(18(25-19)26-5-7-27-8-6-26)23-15(11-22-17)13-9-12-3-1-2-4-14(12)21-10-13/h1-4,9-11H,5-8H2,(H2,20,22,24,25). The van der Waals surface area contributed by atoms with Gasteiger partial charge in [0.25, 0.3) is 0 Å². The Hall–Kier alpha value is -3.39. The molecule has 4 aromatic rings. The Labute approximate surface area is 155 Å². The van der Waals surface area contributed by atoms with Gasteiger partial charge in [-0.05, 0) is 12.1 Å². The van der Waals surface area contributed by atoms with Gasteiger partial charge >= 0.3 is 0 Å². The van der Waals surface area contributed by atoms with Crippen molar-refractivity contribution in [3.8, 4) is 11.3 Å². The van der Waals surface area contributed by atoms with Gasteiger partial charge in [0, 0.05) is 30.2 Å². The second-order valence-corrected chi connectivity index (χ2v) is 6.35. The van der Waals surface area contributed by atoms with Crippen molar-refractivity contribution in [2.45, 2.75) is 0 Å². The summed E-state index contributed by atoms with van der Waals surface area (Å²) >= 11 is 0. The number of rotatable bonds is 2. The Morgan fingerprint density at radius 2 is 1.81 bits per heavy atom. The lowest BCUT2D eigenvalue weighted by Crippen LogP contribution is -2.37. The average Bonchev–Trinajstić information content (AvgIpc) is 2.73. The second kappa shape index (κ2) is 6.40. The average molecular weight is 359 g/mol. The molecule has 3 aromatic heterocycles. The van der Waals surface area contributed by atoms with Crippen molar-refractivity contribution in [1.29, 1.82) is 0 Å². The van der Waals surface area contributed by atoms with E-state index in [2.05, 4.69) is 30.9 Å². The highest BCUT2D eigenvalue weighted by molar-refractivity contribution is 5.87. The van der Waals surface area contributed by atoms with E-state index in [0.29, 0.717) is 30.2 Å². The fourth-order valence-corrected chi connectivity index (χ4v) is 3.26. The first kappa shape index (κ1) is 15.8.